The number of benzene rings is 1. The first-order valence-electron chi connectivity index (χ1n) is 6.42. The van der Waals surface area contributed by atoms with Crippen LogP contribution in [0.4, 0.5) is 0 Å². The van der Waals surface area contributed by atoms with Gasteiger partial charge >= 0.3 is 0 Å². The van der Waals surface area contributed by atoms with E-state index in [1.54, 1.807) is 6.20 Å². The second kappa shape index (κ2) is 5.91. The molecule has 1 aromatic carbocycles. The third kappa shape index (κ3) is 3.36. The van der Waals surface area contributed by atoms with Crippen LogP contribution >= 0.6 is 0 Å². The van der Waals surface area contributed by atoms with Gasteiger partial charge in [-0.2, -0.15) is 0 Å². The molecule has 0 aliphatic heterocycles. The largest absolute Gasteiger partial charge is 0.271 e. The Labute approximate surface area is 114 Å². The number of nitrogens with zero attached hydrogens (tertiary/aromatic N) is 2. The van der Waals surface area contributed by atoms with Gasteiger partial charge < -0.3 is 0 Å². The van der Waals surface area contributed by atoms with Crippen molar-refractivity contribution in [3.63, 3.8) is 0 Å². The van der Waals surface area contributed by atoms with E-state index in [9.17, 15) is 0 Å². The molecule has 1 atom stereocenters. The molecule has 3 N–H and O–H groups in total. The SMILES string of the molecule is Cc1nccc(C(Cc2ccc(C)c(C)c2)NN)n1. The summed E-state index contributed by atoms with van der Waals surface area (Å²) < 4.78 is 0. The number of nitrogens with one attached hydrogen (secondary N) is 1. The van der Waals surface area contributed by atoms with Gasteiger partial charge in [-0.15, -0.1) is 0 Å². The fourth-order valence-electron chi connectivity index (χ4n) is 2.08. The van der Waals surface area contributed by atoms with Gasteiger partial charge in [-0.1, -0.05) is 18.2 Å². The average molecular weight is 256 g/mol. The predicted molar refractivity (Wildman–Crippen MR) is 76.5 cm³/mol. The van der Waals surface area contributed by atoms with Crippen molar-refractivity contribution in [1.82, 2.24) is 15.4 Å². The van der Waals surface area contributed by atoms with E-state index in [0.717, 1.165) is 17.9 Å². The van der Waals surface area contributed by atoms with Crippen LogP contribution < -0.4 is 11.3 Å². The smallest absolute Gasteiger partial charge is 0.125 e. The number of aromatic nitrogens is 2. The van der Waals surface area contributed by atoms with Crippen molar-refractivity contribution in [2.75, 3.05) is 0 Å². The quantitative estimate of drug-likeness (QED) is 0.650. The molecule has 1 heterocycles. The van der Waals surface area contributed by atoms with Gasteiger partial charge in [0.15, 0.2) is 0 Å². The van der Waals surface area contributed by atoms with Gasteiger partial charge in [-0.25, -0.2) is 9.97 Å². The van der Waals surface area contributed by atoms with E-state index in [0.29, 0.717) is 0 Å². The van der Waals surface area contributed by atoms with E-state index in [4.69, 9.17) is 5.84 Å². The molecule has 0 aliphatic rings. The number of aryl methyl sites for hydroxylation is 3. The number of hydrogen-bond donors (Lipinski definition) is 2. The maximum Gasteiger partial charge on any atom is 0.125 e. The van der Waals surface area contributed by atoms with Gasteiger partial charge in [-0.3, -0.25) is 11.3 Å². The molecule has 1 unspecified atom stereocenters. The highest BCUT2D eigenvalue weighted by atomic mass is 15.2. The summed E-state index contributed by atoms with van der Waals surface area (Å²) in [7, 11) is 0. The highest BCUT2D eigenvalue weighted by Crippen LogP contribution is 2.18. The first-order chi connectivity index (χ1) is 9.10. The number of rotatable bonds is 4. The Kier molecular flexibility index (Phi) is 4.24. The zero-order valence-corrected chi connectivity index (χ0v) is 11.6. The fraction of sp³-hybridized carbons (Fsp3) is 0.333. The molecule has 0 fully saturated rings. The highest BCUT2D eigenvalue weighted by molar-refractivity contribution is 5.31. The normalized spacial score (nSPS) is 12.4. The molecule has 0 bridgehead atoms. The van der Waals surface area contributed by atoms with Gasteiger partial charge in [0.05, 0.1) is 11.7 Å². The molecule has 0 aliphatic carbocycles. The number of nitrogens with two attached hydrogens (primary N) is 1. The molecule has 4 nitrogen and oxygen atoms in total. The zero-order valence-electron chi connectivity index (χ0n) is 11.6. The van der Waals surface area contributed by atoms with Crippen LogP contribution in [0.5, 0.6) is 0 Å². The molecular formula is C15H20N4. The lowest BCUT2D eigenvalue weighted by molar-refractivity contribution is 0.535. The molecule has 0 saturated heterocycles. The van der Waals surface area contributed by atoms with E-state index in [1.165, 1.54) is 16.7 Å². The van der Waals surface area contributed by atoms with E-state index in [2.05, 4.69) is 47.4 Å². The van der Waals surface area contributed by atoms with Crippen molar-refractivity contribution in [3.05, 3.63) is 58.7 Å². The predicted octanol–water partition coefficient (Wildman–Crippen LogP) is 2.15. The lowest BCUT2D eigenvalue weighted by Crippen LogP contribution is -2.30. The Balaban J connectivity index is 2.21. The standard InChI is InChI=1S/C15H20N4/c1-10-4-5-13(8-11(10)2)9-15(19-16)14-6-7-17-12(3)18-14/h4-8,15,19H,9,16H2,1-3H3. The Morgan fingerprint density at radius 2 is 1.95 bits per heavy atom. The van der Waals surface area contributed by atoms with Gasteiger partial charge in [0.2, 0.25) is 0 Å². The van der Waals surface area contributed by atoms with E-state index >= 15 is 0 Å². The fourth-order valence-corrected chi connectivity index (χ4v) is 2.08. The van der Waals surface area contributed by atoms with Crippen molar-refractivity contribution in [3.8, 4) is 0 Å². The zero-order chi connectivity index (χ0) is 13.8. The van der Waals surface area contributed by atoms with Crippen LogP contribution in [0.1, 0.15) is 34.3 Å². The molecule has 0 spiro atoms. The molecule has 0 amide bonds. The minimum absolute atomic E-state index is 0.00352. The monoisotopic (exact) mass is 256 g/mol. The van der Waals surface area contributed by atoms with Gasteiger partial charge in [0.25, 0.3) is 0 Å². The maximum atomic E-state index is 5.66. The number of hydrazine groups is 1. The summed E-state index contributed by atoms with van der Waals surface area (Å²) in [5.74, 6) is 6.42. The van der Waals surface area contributed by atoms with Crippen LogP contribution in [-0.4, -0.2) is 9.97 Å². The Bertz CT molecular complexity index is 566. The molecule has 0 saturated carbocycles. The summed E-state index contributed by atoms with van der Waals surface area (Å²) in [5.41, 5.74) is 7.62. The lowest BCUT2D eigenvalue weighted by atomic mass is 9.99. The van der Waals surface area contributed by atoms with Crippen molar-refractivity contribution in [2.24, 2.45) is 5.84 Å². The topological polar surface area (TPSA) is 63.8 Å². The Morgan fingerprint density at radius 3 is 2.58 bits per heavy atom. The Hall–Kier alpha value is -1.78. The van der Waals surface area contributed by atoms with Crippen molar-refractivity contribution in [2.45, 2.75) is 33.2 Å². The van der Waals surface area contributed by atoms with Crippen LogP contribution in [0, 0.1) is 20.8 Å². The van der Waals surface area contributed by atoms with Crippen LogP contribution in [0.25, 0.3) is 0 Å². The molecule has 19 heavy (non-hydrogen) atoms. The summed E-state index contributed by atoms with van der Waals surface area (Å²) in [6, 6.07) is 8.39. The van der Waals surface area contributed by atoms with E-state index in [-0.39, 0.29) is 6.04 Å². The van der Waals surface area contributed by atoms with Gasteiger partial charge in [0, 0.05) is 6.20 Å². The molecule has 100 valence electrons. The van der Waals surface area contributed by atoms with Gasteiger partial charge in [-0.05, 0) is 49.9 Å². The average Bonchev–Trinajstić information content (AvgIpc) is 2.40. The first-order valence-corrected chi connectivity index (χ1v) is 6.42. The van der Waals surface area contributed by atoms with Gasteiger partial charge in [0.1, 0.15) is 5.82 Å². The highest BCUT2D eigenvalue weighted by Gasteiger charge is 2.12. The summed E-state index contributed by atoms with van der Waals surface area (Å²) in [5, 5.41) is 0. The molecular weight excluding hydrogens is 236 g/mol. The summed E-state index contributed by atoms with van der Waals surface area (Å²) in [6.07, 6.45) is 2.58. The van der Waals surface area contributed by atoms with Crippen LogP contribution in [0.2, 0.25) is 0 Å². The molecule has 4 heteroatoms. The molecule has 0 radical (unpaired) electrons. The van der Waals surface area contributed by atoms with Crippen LogP contribution in [0.3, 0.4) is 0 Å². The number of hydrogen-bond acceptors (Lipinski definition) is 4. The van der Waals surface area contributed by atoms with Crippen LogP contribution in [-0.2, 0) is 6.42 Å². The third-order valence-corrected chi connectivity index (χ3v) is 3.37. The Morgan fingerprint density at radius 1 is 1.16 bits per heavy atom. The molecule has 1 aromatic heterocycles. The minimum atomic E-state index is 0.00352. The summed E-state index contributed by atoms with van der Waals surface area (Å²) in [6.45, 7) is 6.12. The lowest BCUT2D eigenvalue weighted by Gasteiger charge is -2.16. The minimum Gasteiger partial charge on any atom is -0.271 e. The second-order valence-corrected chi connectivity index (χ2v) is 4.87. The van der Waals surface area contributed by atoms with Crippen molar-refractivity contribution in [1.29, 1.82) is 0 Å². The third-order valence-electron chi connectivity index (χ3n) is 3.37. The van der Waals surface area contributed by atoms with Crippen LogP contribution in [0.15, 0.2) is 30.5 Å². The second-order valence-electron chi connectivity index (χ2n) is 4.87. The molecule has 2 aromatic rings. The summed E-state index contributed by atoms with van der Waals surface area (Å²) >= 11 is 0. The van der Waals surface area contributed by atoms with E-state index in [1.807, 2.05) is 13.0 Å². The summed E-state index contributed by atoms with van der Waals surface area (Å²) in [4.78, 5) is 8.54. The maximum absolute atomic E-state index is 5.66. The van der Waals surface area contributed by atoms with Crippen molar-refractivity contribution < 1.29 is 0 Å². The van der Waals surface area contributed by atoms with Crippen molar-refractivity contribution >= 4 is 0 Å². The van der Waals surface area contributed by atoms with E-state index < -0.39 is 0 Å². The first kappa shape index (κ1) is 13.6. The molecule has 2 rings (SSSR count).